The first-order valence-electron chi connectivity index (χ1n) is 5.17. The third kappa shape index (κ3) is 4.40. The Morgan fingerprint density at radius 2 is 2.06 bits per heavy atom. The van der Waals surface area contributed by atoms with E-state index in [1.807, 2.05) is 0 Å². The van der Waals surface area contributed by atoms with Crippen LogP contribution < -0.4 is 5.73 Å². The second-order valence-electron chi connectivity index (χ2n) is 3.22. The summed E-state index contributed by atoms with van der Waals surface area (Å²) in [6.07, 6.45) is 1.25. The summed E-state index contributed by atoms with van der Waals surface area (Å²) in [7, 11) is 1.21. The third-order valence-electron chi connectivity index (χ3n) is 1.67. The Kier molecular flexibility index (Phi) is 7.12. The molecule has 0 heterocycles. The molecule has 0 bridgehead atoms. The van der Waals surface area contributed by atoms with Gasteiger partial charge in [-0.05, 0) is 17.7 Å². The summed E-state index contributed by atoms with van der Waals surface area (Å²) in [6, 6.07) is 4.12. The van der Waals surface area contributed by atoms with Crippen molar-refractivity contribution in [2.75, 3.05) is 7.11 Å². The van der Waals surface area contributed by atoms with E-state index in [-0.39, 0.29) is 13.5 Å². The van der Waals surface area contributed by atoms with Crippen LogP contribution >= 0.6 is 0 Å². The maximum absolute atomic E-state index is 13.0. The molecule has 1 rings (SSSR count). The highest BCUT2D eigenvalue weighted by Gasteiger charge is 2.11. The molecule has 1 aromatic rings. The van der Waals surface area contributed by atoms with E-state index in [1.165, 1.54) is 31.7 Å². The Hall–Kier alpha value is -1.42. The molecule has 0 saturated carbocycles. The zero-order valence-corrected chi connectivity index (χ0v) is 9.92. The van der Waals surface area contributed by atoms with Gasteiger partial charge >= 0.3 is 5.97 Å². The van der Waals surface area contributed by atoms with E-state index in [0.29, 0.717) is 5.56 Å². The Bertz CT molecular complexity index is 345. The molecule has 0 fully saturated rings. The number of ether oxygens (including phenoxy) is 1. The molecule has 0 aliphatic carbocycles. The normalized spacial score (nSPS) is 9.06. The van der Waals surface area contributed by atoms with Gasteiger partial charge in [-0.15, -0.1) is 0 Å². The van der Waals surface area contributed by atoms with Crippen molar-refractivity contribution in [3.05, 3.63) is 35.1 Å². The van der Waals surface area contributed by atoms with Crippen LogP contribution in [0.4, 0.5) is 4.39 Å². The standard InChI is InChI=1S/C9H10FNO2.C3H8.H2/c1-13-9(12)7-4-6(5-11)2-3-8(7)10;1-3-2;/h2-4H,5,11H2,1H3;3H2,1-2H3;1H. The van der Waals surface area contributed by atoms with Crippen molar-refractivity contribution in [3.8, 4) is 0 Å². The highest BCUT2D eigenvalue weighted by molar-refractivity contribution is 5.89. The Labute approximate surface area is 96.9 Å². The molecule has 16 heavy (non-hydrogen) atoms. The molecular weight excluding hydrogens is 209 g/mol. The molecule has 92 valence electrons. The lowest BCUT2D eigenvalue weighted by atomic mass is 10.1. The lowest BCUT2D eigenvalue weighted by molar-refractivity contribution is 0.0595. The zero-order chi connectivity index (χ0) is 12.6. The second-order valence-corrected chi connectivity index (χ2v) is 3.22. The number of methoxy groups -OCH3 is 1. The number of nitrogens with two attached hydrogens (primary N) is 1. The first-order chi connectivity index (χ1) is 7.60. The van der Waals surface area contributed by atoms with Gasteiger partial charge in [0, 0.05) is 7.97 Å². The summed E-state index contributed by atoms with van der Waals surface area (Å²) in [5.74, 6) is -1.28. The van der Waals surface area contributed by atoms with Crippen LogP contribution in [0.1, 0.15) is 37.6 Å². The fourth-order valence-electron chi connectivity index (χ4n) is 0.966. The van der Waals surface area contributed by atoms with Crippen LogP contribution in [0.25, 0.3) is 0 Å². The maximum atomic E-state index is 13.0. The van der Waals surface area contributed by atoms with Crippen molar-refractivity contribution < 1.29 is 15.3 Å². The number of halogens is 1. The minimum atomic E-state index is -0.687. The molecule has 1 aromatic carbocycles. The van der Waals surface area contributed by atoms with E-state index >= 15 is 0 Å². The molecule has 0 amide bonds. The third-order valence-corrected chi connectivity index (χ3v) is 1.67. The summed E-state index contributed by atoms with van der Waals surface area (Å²) in [5.41, 5.74) is 5.95. The number of carbonyl (C=O) groups excluding carboxylic acids is 1. The molecule has 0 spiro atoms. The van der Waals surface area contributed by atoms with E-state index < -0.39 is 11.8 Å². The molecule has 3 nitrogen and oxygen atoms in total. The fourth-order valence-corrected chi connectivity index (χ4v) is 0.966. The van der Waals surface area contributed by atoms with E-state index in [1.54, 1.807) is 0 Å². The highest BCUT2D eigenvalue weighted by Crippen LogP contribution is 2.11. The SMILES string of the molecule is CCC.COC(=O)c1cc(CN)ccc1F.[HH]. The summed E-state index contributed by atoms with van der Waals surface area (Å²) in [6.45, 7) is 4.52. The topological polar surface area (TPSA) is 52.3 Å². The second kappa shape index (κ2) is 7.82. The average molecular weight is 229 g/mol. The first kappa shape index (κ1) is 14.6. The number of rotatable bonds is 2. The highest BCUT2D eigenvalue weighted by atomic mass is 19.1. The maximum Gasteiger partial charge on any atom is 0.340 e. The lowest BCUT2D eigenvalue weighted by Gasteiger charge is -2.02. The molecule has 4 heteroatoms. The number of benzene rings is 1. The molecule has 0 aliphatic heterocycles. The molecule has 0 aliphatic rings. The van der Waals surface area contributed by atoms with Gasteiger partial charge in [-0.3, -0.25) is 0 Å². The van der Waals surface area contributed by atoms with Crippen molar-refractivity contribution in [2.24, 2.45) is 5.73 Å². The van der Waals surface area contributed by atoms with Gasteiger partial charge in [-0.1, -0.05) is 26.3 Å². The summed E-state index contributed by atoms with van der Waals surface area (Å²) < 4.78 is 17.4. The monoisotopic (exact) mass is 229 g/mol. The Balaban J connectivity index is 0. The number of carbonyl (C=O) groups is 1. The van der Waals surface area contributed by atoms with E-state index in [0.717, 1.165) is 0 Å². The van der Waals surface area contributed by atoms with Gasteiger partial charge in [-0.2, -0.15) is 0 Å². The Morgan fingerprint density at radius 1 is 1.50 bits per heavy atom. The van der Waals surface area contributed by atoms with Crippen LogP contribution in [0.5, 0.6) is 0 Å². The number of hydrogen-bond acceptors (Lipinski definition) is 3. The molecule has 2 N–H and O–H groups in total. The van der Waals surface area contributed by atoms with Gasteiger partial charge in [0.05, 0.1) is 12.7 Å². The molecule has 0 saturated heterocycles. The van der Waals surface area contributed by atoms with Crippen molar-refractivity contribution in [2.45, 2.75) is 26.8 Å². The molecule has 0 radical (unpaired) electrons. The molecule has 0 aromatic heterocycles. The van der Waals surface area contributed by atoms with Gasteiger partial charge in [0.25, 0.3) is 0 Å². The van der Waals surface area contributed by atoms with Crippen LogP contribution in [0, 0.1) is 5.82 Å². The van der Waals surface area contributed by atoms with E-state index in [4.69, 9.17) is 5.73 Å². The van der Waals surface area contributed by atoms with Crippen LogP contribution in [0.2, 0.25) is 0 Å². The lowest BCUT2D eigenvalue weighted by Crippen LogP contribution is -2.06. The summed E-state index contributed by atoms with van der Waals surface area (Å²) >= 11 is 0. The fraction of sp³-hybridized carbons (Fsp3) is 0.417. The summed E-state index contributed by atoms with van der Waals surface area (Å²) in [4.78, 5) is 11.0. The Morgan fingerprint density at radius 3 is 2.50 bits per heavy atom. The van der Waals surface area contributed by atoms with Crippen molar-refractivity contribution >= 4 is 5.97 Å². The predicted octanol–water partition coefficient (Wildman–Crippen LogP) is 2.73. The van der Waals surface area contributed by atoms with Crippen LogP contribution in [0.15, 0.2) is 18.2 Å². The minimum absolute atomic E-state index is 0. The van der Waals surface area contributed by atoms with Crippen molar-refractivity contribution in [1.82, 2.24) is 0 Å². The minimum Gasteiger partial charge on any atom is -0.465 e. The van der Waals surface area contributed by atoms with Crippen molar-refractivity contribution in [3.63, 3.8) is 0 Å². The molecule has 0 unspecified atom stereocenters. The van der Waals surface area contributed by atoms with Crippen LogP contribution in [-0.4, -0.2) is 13.1 Å². The van der Waals surface area contributed by atoms with Gasteiger partial charge in [0.2, 0.25) is 0 Å². The first-order valence-corrected chi connectivity index (χ1v) is 5.17. The molecule has 0 atom stereocenters. The predicted molar refractivity (Wildman–Crippen MR) is 63.7 cm³/mol. The summed E-state index contributed by atoms with van der Waals surface area (Å²) in [5, 5.41) is 0. The van der Waals surface area contributed by atoms with Gasteiger partial charge < -0.3 is 10.5 Å². The van der Waals surface area contributed by atoms with E-state index in [2.05, 4.69) is 18.6 Å². The number of esters is 1. The van der Waals surface area contributed by atoms with Gasteiger partial charge in [0.1, 0.15) is 5.82 Å². The smallest absolute Gasteiger partial charge is 0.340 e. The van der Waals surface area contributed by atoms with Crippen LogP contribution in [0.3, 0.4) is 0 Å². The van der Waals surface area contributed by atoms with Gasteiger partial charge in [-0.25, -0.2) is 9.18 Å². The molecular formula is C12H20FNO2. The van der Waals surface area contributed by atoms with E-state index in [9.17, 15) is 9.18 Å². The van der Waals surface area contributed by atoms with Gasteiger partial charge in [0.15, 0.2) is 0 Å². The average Bonchev–Trinajstić information content (AvgIpc) is 2.30. The largest absolute Gasteiger partial charge is 0.465 e. The zero-order valence-electron chi connectivity index (χ0n) is 9.92. The van der Waals surface area contributed by atoms with Crippen LogP contribution in [-0.2, 0) is 11.3 Å². The quantitative estimate of drug-likeness (QED) is 0.793. The van der Waals surface area contributed by atoms with Crippen molar-refractivity contribution in [1.29, 1.82) is 0 Å². The number of hydrogen-bond donors (Lipinski definition) is 1.